The third kappa shape index (κ3) is 3.17. The molecule has 0 radical (unpaired) electrons. The summed E-state index contributed by atoms with van der Waals surface area (Å²) < 4.78 is 1.97. The van der Waals surface area contributed by atoms with Crippen LogP contribution in [0.5, 0.6) is 0 Å². The van der Waals surface area contributed by atoms with Gasteiger partial charge in [0.1, 0.15) is 0 Å². The van der Waals surface area contributed by atoms with Crippen molar-refractivity contribution in [1.82, 2.24) is 19.5 Å². The van der Waals surface area contributed by atoms with Crippen LogP contribution in [0, 0.1) is 11.3 Å². The number of nitrogens with zero attached hydrogens (tertiary/aromatic N) is 6. The molecule has 0 spiro atoms. The molecule has 27 heavy (non-hydrogen) atoms. The fourth-order valence-electron chi connectivity index (χ4n) is 3.47. The van der Waals surface area contributed by atoms with E-state index in [2.05, 4.69) is 21.3 Å². The lowest BCUT2D eigenvalue weighted by Crippen LogP contribution is -2.33. The van der Waals surface area contributed by atoms with Crippen LogP contribution >= 0.6 is 0 Å². The summed E-state index contributed by atoms with van der Waals surface area (Å²) in [6.07, 6.45) is 3.69. The SMILES string of the molecule is CCn1cnc2c(Nc3cccc(C#N)c3)nc(N3CCC[C@@H]3CO)nc21. The molecule has 2 N–H and O–H groups in total. The number of aliphatic hydroxyl groups is 1. The predicted molar refractivity (Wildman–Crippen MR) is 103 cm³/mol. The van der Waals surface area contributed by atoms with Gasteiger partial charge in [-0.2, -0.15) is 15.2 Å². The van der Waals surface area contributed by atoms with Crippen molar-refractivity contribution in [1.29, 1.82) is 5.26 Å². The van der Waals surface area contributed by atoms with E-state index >= 15 is 0 Å². The van der Waals surface area contributed by atoms with Gasteiger partial charge in [0.25, 0.3) is 0 Å². The third-order valence-electron chi connectivity index (χ3n) is 4.89. The molecule has 2 aromatic heterocycles. The van der Waals surface area contributed by atoms with Crippen LogP contribution in [0.1, 0.15) is 25.3 Å². The molecule has 1 saturated heterocycles. The first-order chi connectivity index (χ1) is 13.2. The summed E-state index contributed by atoms with van der Waals surface area (Å²) in [5.74, 6) is 1.19. The first-order valence-corrected chi connectivity index (χ1v) is 9.11. The Kier molecular flexibility index (Phi) is 4.60. The molecule has 138 valence electrons. The fraction of sp³-hybridized carbons (Fsp3) is 0.368. The lowest BCUT2D eigenvalue weighted by atomic mass is 10.2. The van der Waals surface area contributed by atoms with E-state index in [4.69, 9.17) is 15.2 Å². The number of hydrogen-bond donors (Lipinski definition) is 2. The number of imidazole rings is 1. The average molecular weight is 363 g/mol. The summed E-state index contributed by atoms with van der Waals surface area (Å²) in [5, 5.41) is 22.1. The van der Waals surface area contributed by atoms with Crippen LogP contribution in [0.15, 0.2) is 30.6 Å². The second kappa shape index (κ2) is 7.21. The first kappa shape index (κ1) is 17.2. The van der Waals surface area contributed by atoms with E-state index in [1.165, 1.54) is 0 Å². The van der Waals surface area contributed by atoms with Crippen molar-refractivity contribution in [3.63, 3.8) is 0 Å². The van der Waals surface area contributed by atoms with E-state index in [1.54, 1.807) is 18.5 Å². The first-order valence-electron chi connectivity index (χ1n) is 9.11. The van der Waals surface area contributed by atoms with Gasteiger partial charge in [-0.05, 0) is 38.0 Å². The molecule has 3 aromatic rings. The Morgan fingerprint density at radius 1 is 1.37 bits per heavy atom. The minimum Gasteiger partial charge on any atom is -0.394 e. The van der Waals surface area contributed by atoms with Crippen LogP contribution in [-0.2, 0) is 6.54 Å². The number of hydrogen-bond acceptors (Lipinski definition) is 7. The molecular formula is C19H21N7O. The third-order valence-corrected chi connectivity index (χ3v) is 4.89. The summed E-state index contributed by atoms with van der Waals surface area (Å²) in [5.41, 5.74) is 2.78. The Balaban J connectivity index is 1.80. The predicted octanol–water partition coefficient (Wildman–Crippen LogP) is 2.42. The molecule has 0 aliphatic carbocycles. The number of aromatic nitrogens is 4. The largest absolute Gasteiger partial charge is 0.394 e. The Morgan fingerprint density at radius 3 is 3.04 bits per heavy atom. The van der Waals surface area contributed by atoms with E-state index in [9.17, 15) is 5.11 Å². The van der Waals surface area contributed by atoms with Gasteiger partial charge >= 0.3 is 0 Å². The van der Waals surface area contributed by atoms with Gasteiger partial charge in [-0.3, -0.25) is 0 Å². The monoisotopic (exact) mass is 363 g/mol. The molecule has 3 heterocycles. The zero-order chi connectivity index (χ0) is 18.8. The van der Waals surface area contributed by atoms with E-state index < -0.39 is 0 Å². The van der Waals surface area contributed by atoms with E-state index in [-0.39, 0.29) is 12.6 Å². The molecule has 0 unspecified atom stereocenters. The van der Waals surface area contributed by atoms with Crippen LogP contribution in [-0.4, -0.2) is 43.8 Å². The van der Waals surface area contributed by atoms with Gasteiger partial charge in [0.2, 0.25) is 5.95 Å². The topological polar surface area (TPSA) is 103 Å². The molecule has 0 saturated carbocycles. The molecule has 0 amide bonds. The van der Waals surface area contributed by atoms with Gasteiger partial charge < -0.3 is 19.9 Å². The Morgan fingerprint density at radius 2 is 2.26 bits per heavy atom. The number of rotatable bonds is 5. The Bertz CT molecular complexity index is 1010. The number of aliphatic hydroxyl groups excluding tert-OH is 1. The summed E-state index contributed by atoms with van der Waals surface area (Å²) >= 11 is 0. The highest BCUT2D eigenvalue weighted by Crippen LogP contribution is 2.29. The maximum absolute atomic E-state index is 9.67. The highest BCUT2D eigenvalue weighted by atomic mass is 16.3. The summed E-state index contributed by atoms with van der Waals surface area (Å²) in [6.45, 7) is 3.69. The Labute approximate surface area is 157 Å². The van der Waals surface area contributed by atoms with Gasteiger partial charge in [0, 0.05) is 18.8 Å². The molecule has 8 nitrogen and oxygen atoms in total. The van der Waals surface area contributed by atoms with E-state index in [0.717, 1.165) is 37.3 Å². The molecule has 1 aromatic carbocycles. The van der Waals surface area contributed by atoms with Crippen LogP contribution in [0.4, 0.5) is 17.5 Å². The molecule has 8 heteroatoms. The second-order valence-electron chi connectivity index (χ2n) is 6.56. The smallest absolute Gasteiger partial charge is 0.229 e. The Hall–Kier alpha value is -3.18. The zero-order valence-electron chi connectivity index (χ0n) is 15.1. The molecule has 1 atom stereocenters. The lowest BCUT2D eigenvalue weighted by molar-refractivity contribution is 0.265. The van der Waals surface area contributed by atoms with Crippen LogP contribution < -0.4 is 10.2 Å². The maximum Gasteiger partial charge on any atom is 0.229 e. The van der Waals surface area contributed by atoms with Crippen molar-refractivity contribution in [2.75, 3.05) is 23.4 Å². The number of benzene rings is 1. The van der Waals surface area contributed by atoms with Crippen molar-refractivity contribution in [3.05, 3.63) is 36.2 Å². The molecular weight excluding hydrogens is 342 g/mol. The number of anilines is 3. The number of aryl methyl sites for hydroxylation is 1. The summed E-state index contributed by atoms with van der Waals surface area (Å²) in [6, 6.07) is 9.43. The molecule has 0 bridgehead atoms. The number of nitrogens with one attached hydrogen (secondary N) is 1. The zero-order valence-corrected chi connectivity index (χ0v) is 15.1. The molecule has 1 aliphatic rings. The highest BCUT2D eigenvalue weighted by Gasteiger charge is 2.27. The van der Waals surface area contributed by atoms with Gasteiger partial charge in [-0.25, -0.2) is 4.98 Å². The lowest BCUT2D eigenvalue weighted by Gasteiger charge is -2.23. The van der Waals surface area contributed by atoms with Crippen molar-refractivity contribution >= 4 is 28.6 Å². The van der Waals surface area contributed by atoms with Gasteiger partial charge in [0.05, 0.1) is 30.6 Å². The van der Waals surface area contributed by atoms with Crippen LogP contribution in [0.2, 0.25) is 0 Å². The number of fused-ring (bicyclic) bond motifs is 1. The molecule has 1 aliphatic heterocycles. The molecule has 4 rings (SSSR count). The minimum absolute atomic E-state index is 0.0372. The van der Waals surface area contributed by atoms with Gasteiger partial charge in [-0.1, -0.05) is 6.07 Å². The van der Waals surface area contributed by atoms with Crippen molar-refractivity contribution in [2.24, 2.45) is 0 Å². The average Bonchev–Trinajstić information content (AvgIpc) is 3.34. The summed E-state index contributed by atoms with van der Waals surface area (Å²) in [4.78, 5) is 16.0. The van der Waals surface area contributed by atoms with Crippen LogP contribution in [0.25, 0.3) is 11.2 Å². The fourth-order valence-corrected chi connectivity index (χ4v) is 3.47. The van der Waals surface area contributed by atoms with Crippen molar-refractivity contribution in [3.8, 4) is 6.07 Å². The minimum atomic E-state index is 0.0372. The van der Waals surface area contributed by atoms with E-state index in [0.29, 0.717) is 22.8 Å². The maximum atomic E-state index is 9.67. The van der Waals surface area contributed by atoms with Crippen molar-refractivity contribution in [2.45, 2.75) is 32.4 Å². The normalized spacial score (nSPS) is 16.6. The standard InChI is InChI=1S/C19H21N7O/c1-2-25-12-21-16-17(22-14-6-3-5-13(9-14)10-20)23-19(24-18(16)25)26-8-4-7-15(26)11-27/h3,5-6,9,12,15,27H,2,4,7-8,11H2,1H3,(H,22,23,24)/t15-/m1/s1. The van der Waals surface area contributed by atoms with Crippen molar-refractivity contribution < 1.29 is 5.11 Å². The van der Waals surface area contributed by atoms with Gasteiger partial charge in [0.15, 0.2) is 17.0 Å². The van der Waals surface area contributed by atoms with Gasteiger partial charge in [-0.15, -0.1) is 0 Å². The number of nitriles is 1. The quantitative estimate of drug-likeness (QED) is 0.717. The molecule has 1 fully saturated rings. The highest BCUT2D eigenvalue weighted by molar-refractivity contribution is 5.86. The second-order valence-corrected chi connectivity index (χ2v) is 6.56. The van der Waals surface area contributed by atoms with Crippen LogP contribution in [0.3, 0.4) is 0 Å². The summed E-state index contributed by atoms with van der Waals surface area (Å²) in [7, 11) is 0. The van der Waals surface area contributed by atoms with E-state index in [1.807, 2.05) is 23.6 Å².